The SMILES string of the molecule is CCC(Br)c1cn(-c2c(F)c(F)cc(F)c2F)nn1. The second-order valence-electron chi connectivity index (χ2n) is 3.78. The molecule has 102 valence electrons. The molecule has 19 heavy (non-hydrogen) atoms. The molecule has 2 aromatic rings. The van der Waals surface area contributed by atoms with E-state index in [4.69, 9.17) is 0 Å². The molecule has 0 spiro atoms. The third kappa shape index (κ3) is 2.49. The fourth-order valence-corrected chi connectivity index (χ4v) is 1.71. The Morgan fingerprint density at radius 1 is 1.21 bits per heavy atom. The van der Waals surface area contributed by atoms with Crippen LogP contribution in [-0.2, 0) is 0 Å². The number of alkyl halides is 1. The molecule has 8 heteroatoms. The number of hydrogen-bond donors (Lipinski definition) is 0. The van der Waals surface area contributed by atoms with Crippen molar-refractivity contribution in [1.29, 1.82) is 0 Å². The monoisotopic (exact) mass is 337 g/mol. The molecule has 1 aromatic heterocycles. The van der Waals surface area contributed by atoms with Crippen molar-refractivity contribution in [2.24, 2.45) is 0 Å². The molecule has 0 N–H and O–H groups in total. The van der Waals surface area contributed by atoms with Crippen LogP contribution in [0.1, 0.15) is 23.9 Å². The highest BCUT2D eigenvalue weighted by Gasteiger charge is 2.22. The fraction of sp³-hybridized carbons (Fsp3) is 0.273. The summed E-state index contributed by atoms with van der Waals surface area (Å²) in [5.74, 6) is -6.01. The van der Waals surface area contributed by atoms with E-state index in [-0.39, 0.29) is 10.9 Å². The largest absolute Gasteiger partial charge is 0.214 e. The number of hydrogen-bond acceptors (Lipinski definition) is 2. The van der Waals surface area contributed by atoms with Crippen molar-refractivity contribution in [3.05, 3.63) is 41.2 Å². The van der Waals surface area contributed by atoms with Crippen molar-refractivity contribution in [1.82, 2.24) is 15.0 Å². The summed E-state index contributed by atoms with van der Waals surface area (Å²) in [6.45, 7) is 1.86. The molecule has 0 saturated heterocycles. The van der Waals surface area contributed by atoms with Gasteiger partial charge < -0.3 is 0 Å². The Labute approximate surface area is 114 Å². The molecule has 0 aliphatic carbocycles. The van der Waals surface area contributed by atoms with Gasteiger partial charge in [-0.3, -0.25) is 0 Å². The Morgan fingerprint density at radius 3 is 2.32 bits per heavy atom. The molecule has 0 bridgehead atoms. The van der Waals surface area contributed by atoms with Gasteiger partial charge in [-0.2, -0.15) is 0 Å². The molecule has 2 rings (SSSR count). The van der Waals surface area contributed by atoms with Crippen LogP contribution in [0.15, 0.2) is 12.3 Å². The molecule has 0 radical (unpaired) electrons. The maximum absolute atomic E-state index is 13.5. The van der Waals surface area contributed by atoms with Gasteiger partial charge in [-0.05, 0) is 6.42 Å². The van der Waals surface area contributed by atoms with Crippen molar-refractivity contribution in [3.63, 3.8) is 0 Å². The molecular weight excluding hydrogens is 330 g/mol. The summed E-state index contributed by atoms with van der Waals surface area (Å²) in [5.41, 5.74) is -0.516. The molecular formula is C11H8BrF4N3. The number of rotatable bonds is 3. The second-order valence-corrected chi connectivity index (χ2v) is 4.89. The number of halogens is 5. The molecule has 0 amide bonds. The van der Waals surface area contributed by atoms with Crippen molar-refractivity contribution >= 4 is 15.9 Å². The van der Waals surface area contributed by atoms with Gasteiger partial charge in [-0.15, -0.1) is 5.10 Å². The molecule has 0 fully saturated rings. The van der Waals surface area contributed by atoms with Crippen LogP contribution in [0.3, 0.4) is 0 Å². The normalized spacial score (nSPS) is 12.7. The van der Waals surface area contributed by atoms with Crippen LogP contribution in [-0.4, -0.2) is 15.0 Å². The third-order valence-electron chi connectivity index (χ3n) is 2.51. The van der Waals surface area contributed by atoms with Crippen LogP contribution < -0.4 is 0 Å². The van der Waals surface area contributed by atoms with E-state index in [1.54, 1.807) is 0 Å². The van der Waals surface area contributed by atoms with Crippen molar-refractivity contribution in [2.45, 2.75) is 18.2 Å². The standard InChI is InChI=1S/C11H8BrF4N3/c1-2-5(12)8-4-19(18-17-8)11-9(15)6(13)3-7(14)10(11)16/h3-5H,2H2,1H3. The Balaban J connectivity index is 2.56. The minimum Gasteiger partial charge on any atom is -0.214 e. The first kappa shape index (κ1) is 14.0. The first-order valence-corrected chi connectivity index (χ1v) is 6.27. The first-order valence-electron chi connectivity index (χ1n) is 5.35. The second kappa shape index (κ2) is 5.28. The van der Waals surface area contributed by atoms with Crippen LogP contribution in [0.2, 0.25) is 0 Å². The summed E-state index contributed by atoms with van der Waals surface area (Å²) in [5, 5.41) is 7.18. The lowest BCUT2D eigenvalue weighted by Gasteiger charge is -2.05. The van der Waals surface area contributed by atoms with Gasteiger partial charge in [0.15, 0.2) is 23.3 Å². The average molecular weight is 338 g/mol. The summed E-state index contributed by atoms with van der Waals surface area (Å²) in [6, 6.07) is 0.144. The Morgan fingerprint density at radius 2 is 1.79 bits per heavy atom. The van der Waals surface area contributed by atoms with E-state index in [0.717, 1.165) is 0 Å². The van der Waals surface area contributed by atoms with Gasteiger partial charge in [0.25, 0.3) is 0 Å². The lowest BCUT2D eigenvalue weighted by molar-refractivity contribution is 0.443. The quantitative estimate of drug-likeness (QED) is 0.486. The third-order valence-corrected chi connectivity index (χ3v) is 3.62. The van der Waals surface area contributed by atoms with Crippen LogP contribution in [0.25, 0.3) is 5.69 Å². The molecule has 1 heterocycles. The Bertz CT molecular complexity index is 588. The van der Waals surface area contributed by atoms with Crippen molar-refractivity contribution in [3.8, 4) is 5.69 Å². The maximum atomic E-state index is 13.5. The van der Waals surface area contributed by atoms with Crippen molar-refractivity contribution in [2.75, 3.05) is 0 Å². The van der Waals surface area contributed by atoms with Gasteiger partial charge in [-0.25, -0.2) is 22.2 Å². The van der Waals surface area contributed by atoms with Crippen LogP contribution in [0.5, 0.6) is 0 Å². The van der Waals surface area contributed by atoms with Crippen LogP contribution in [0, 0.1) is 23.3 Å². The van der Waals surface area contributed by atoms with Crippen molar-refractivity contribution < 1.29 is 17.6 Å². The van der Waals surface area contributed by atoms with E-state index in [1.165, 1.54) is 6.20 Å². The zero-order valence-electron chi connectivity index (χ0n) is 9.67. The smallest absolute Gasteiger partial charge is 0.187 e. The van der Waals surface area contributed by atoms with Gasteiger partial charge in [0.2, 0.25) is 0 Å². The molecule has 1 atom stereocenters. The van der Waals surface area contributed by atoms with Crippen LogP contribution in [0.4, 0.5) is 17.6 Å². The van der Waals surface area contributed by atoms with E-state index in [1.807, 2.05) is 6.92 Å². The van der Waals surface area contributed by atoms with Gasteiger partial charge in [-0.1, -0.05) is 28.1 Å². The summed E-state index contributed by atoms with van der Waals surface area (Å²) in [4.78, 5) is -0.161. The Hall–Kier alpha value is -1.44. The lowest BCUT2D eigenvalue weighted by Crippen LogP contribution is -2.07. The van der Waals surface area contributed by atoms with E-state index >= 15 is 0 Å². The highest BCUT2D eigenvalue weighted by molar-refractivity contribution is 9.09. The van der Waals surface area contributed by atoms with E-state index in [2.05, 4.69) is 26.2 Å². The maximum Gasteiger partial charge on any atom is 0.187 e. The number of aromatic nitrogens is 3. The van der Waals surface area contributed by atoms with E-state index in [0.29, 0.717) is 16.8 Å². The average Bonchev–Trinajstić information content (AvgIpc) is 2.85. The summed E-state index contributed by atoms with van der Waals surface area (Å²) < 4.78 is 53.9. The number of benzene rings is 1. The zero-order chi connectivity index (χ0) is 14.2. The first-order chi connectivity index (χ1) is 8.95. The minimum atomic E-state index is -1.52. The summed E-state index contributed by atoms with van der Waals surface area (Å²) in [6.07, 6.45) is 1.88. The lowest BCUT2D eigenvalue weighted by atomic mass is 10.2. The molecule has 0 aliphatic rings. The summed E-state index contributed by atoms with van der Waals surface area (Å²) >= 11 is 3.29. The zero-order valence-corrected chi connectivity index (χ0v) is 11.3. The molecule has 1 unspecified atom stereocenters. The Kier molecular flexibility index (Phi) is 3.88. The van der Waals surface area contributed by atoms with E-state index in [9.17, 15) is 17.6 Å². The predicted molar refractivity (Wildman–Crippen MR) is 63.1 cm³/mol. The van der Waals surface area contributed by atoms with Gasteiger partial charge in [0.05, 0.1) is 16.7 Å². The molecule has 0 aliphatic heterocycles. The summed E-state index contributed by atoms with van der Waals surface area (Å²) in [7, 11) is 0. The minimum absolute atomic E-state index is 0.144. The molecule has 0 saturated carbocycles. The van der Waals surface area contributed by atoms with Crippen LogP contribution >= 0.6 is 15.9 Å². The predicted octanol–water partition coefficient (Wildman–Crippen LogP) is 3.67. The molecule has 1 aromatic carbocycles. The topological polar surface area (TPSA) is 30.7 Å². The van der Waals surface area contributed by atoms with E-state index < -0.39 is 29.0 Å². The highest BCUT2D eigenvalue weighted by Crippen LogP contribution is 2.26. The fourth-order valence-electron chi connectivity index (χ4n) is 1.50. The number of nitrogens with zero attached hydrogens (tertiary/aromatic N) is 3. The molecule has 3 nitrogen and oxygen atoms in total. The van der Waals surface area contributed by atoms with Gasteiger partial charge in [0.1, 0.15) is 5.69 Å². The van der Waals surface area contributed by atoms with Gasteiger partial charge >= 0.3 is 0 Å². The highest BCUT2D eigenvalue weighted by atomic mass is 79.9. The van der Waals surface area contributed by atoms with Gasteiger partial charge in [0, 0.05) is 6.07 Å².